The first-order valence-corrected chi connectivity index (χ1v) is 16.5. The number of esters is 2. The Morgan fingerprint density at radius 2 is 1.27 bits per heavy atom. The molecule has 3 aromatic carbocycles. The Hall–Kier alpha value is -5.45. The SMILES string of the molecule is O=C(OCc1ccccc1)[C@H]1C/C=C/CN(C(=O)OCc2ccccc2)CC(=O)N2CCC[C@H]2C(=O)N[C@H](C(=O)OCc2ccccc2)C1. The molecule has 3 amide bonds. The number of allylic oxidation sites excluding steroid dienone is 1. The Kier molecular flexibility index (Phi) is 12.5. The number of fused-ring (bicyclic) bond motifs is 1. The summed E-state index contributed by atoms with van der Waals surface area (Å²) < 4.78 is 16.8. The molecule has 2 aliphatic heterocycles. The van der Waals surface area contributed by atoms with Crippen LogP contribution in [0.1, 0.15) is 42.4 Å². The second-order valence-electron chi connectivity index (χ2n) is 12.1. The van der Waals surface area contributed by atoms with Gasteiger partial charge in [0.05, 0.1) is 5.92 Å². The monoisotopic (exact) mass is 667 g/mol. The number of rotatable bonds is 8. The minimum atomic E-state index is -1.18. The number of nitrogens with zero attached hydrogens (tertiary/aromatic N) is 2. The van der Waals surface area contributed by atoms with E-state index in [1.54, 1.807) is 12.2 Å². The third kappa shape index (κ3) is 10.3. The van der Waals surface area contributed by atoms with Gasteiger partial charge in [-0.1, -0.05) is 103 Å². The number of amides is 3. The van der Waals surface area contributed by atoms with Crippen LogP contribution in [0.15, 0.2) is 103 Å². The first-order chi connectivity index (χ1) is 23.9. The van der Waals surface area contributed by atoms with E-state index in [1.165, 1.54) is 9.80 Å². The molecule has 1 fully saturated rings. The maximum atomic E-state index is 13.7. The minimum absolute atomic E-state index is 0.0146. The van der Waals surface area contributed by atoms with E-state index in [-0.39, 0.29) is 45.8 Å². The van der Waals surface area contributed by atoms with Crippen molar-refractivity contribution in [1.82, 2.24) is 15.1 Å². The van der Waals surface area contributed by atoms with Crippen LogP contribution >= 0.6 is 0 Å². The van der Waals surface area contributed by atoms with Crippen molar-refractivity contribution in [2.45, 2.75) is 57.6 Å². The topological polar surface area (TPSA) is 132 Å². The van der Waals surface area contributed by atoms with Gasteiger partial charge in [0.1, 0.15) is 38.4 Å². The van der Waals surface area contributed by atoms with Crippen LogP contribution in [0.4, 0.5) is 4.79 Å². The van der Waals surface area contributed by atoms with Crippen LogP contribution in [0.3, 0.4) is 0 Å². The van der Waals surface area contributed by atoms with E-state index < -0.39 is 47.8 Å². The third-order valence-corrected chi connectivity index (χ3v) is 8.48. The molecule has 0 aromatic heterocycles. The molecule has 11 heteroatoms. The molecule has 0 aliphatic carbocycles. The zero-order valence-electron chi connectivity index (χ0n) is 27.3. The van der Waals surface area contributed by atoms with E-state index in [9.17, 15) is 24.0 Å². The van der Waals surface area contributed by atoms with E-state index in [0.717, 1.165) is 16.7 Å². The first kappa shape index (κ1) is 34.9. The zero-order chi connectivity index (χ0) is 34.4. The minimum Gasteiger partial charge on any atom is -0.461 e. The van der Waals surface area contributed by atoms with Crippen molar-refractivity contribution >= 4 is 29.8 Å². The Bertz CT molecular complexity index is 1600. The molecule has 1 saturated heterocycles. The average Bonchev–Trinajstić information content (AvgIpc) is 3.64. The molecule has 0 spiro atoms. The van der Waals surface area contributed by atoms with Gasteiger partial charge in [0.2, 0.25) is 11.8 Å². The summed E-state index contributed by atoms with van der Waals surface area (Å²) in [5.74, 6) is -3.03. The van der Waals surface area contributed by atoms with Gasteiger partial charge in [0, 0.05) is 13.1 Å². The predicted octanol–water partition coefficient (Wildman–Crippen LogP) is 4.55. The molecular formula is C38H41N3O8. The number of carbonyl (C=O) groups is 5. The van der Waals surface area contributed by atoms with Crippen molar-refractivity contribution in [1.29, 1.82) is 0 Å². The van der Waals surface area contributed by atoms with Crippen molar-refractivity contribution in [3.63, 3.8) is 0 Å². The van der Waals surface area contributed by atoms with Crippen LogP contribution in [-0.4, -0.2) is 71.4 Å². The van der Waals surface area contributed by atoms with Crippen LogP contribution in [0, 0.1) is 5.92 Å². The Morgan fingerprint density at radius 3 is 1.86 bits per heavy atom. The van der Waals surface area contributed by atoms with Crippen molar-refractivity contribution in [2.24, 2.45) is 5.92 Å². The van der Waals surface area contributed by atoms with E-state index in [1.807, 2.05) is 91.0 Å². The molecule has 2 aliphatic rings. The Balaban J connectivity index is 1.37. The molecule has 11 nitrogen and oxygen atoms in total. The quantitative estimate of drug-likeness (QED) is 0.210. The van der Waals surface area contributed by atoms with E-state index in [2.05, 4.69) is 5.32 Å². The fourth-order valence-electron chi connectivity index (χ4n) is 5.80. The maximum Gasteiger partial charge on any atom is 0.410 e. The number of ether oxygens (including phenoxy) is 3. The summed E-state index contributed by atoms with van der Waals surface area (Å²) in [7, 11) is 0. The number of nitrogens with one attached hydrogen (secondary N) is 1. The van der Waals surface area contributed by atoms with Crippen LogP contribution in [0.25, 0.3) is 0 Å². The first-order valence-electron chi connectivity index (χ1n) is 16.5. The molecular weight excluding hydrogens is 626 g/mol. The summed E-state index contributed by atoms with van der Waals surface area (Å²) in [6, 6.07) is 25.5. The predicted molar refractivity (Wildman–Crippen MR) is 179 cm³/mol. The van der Waals surface area contributed by atoms with Crippen LogP contribution < -0.4 is 5.32 Å². The van der Waals surface area contributed by atoms with Crippen LogP contribution in [0.2, 0.25) is 0 Å². The van der Waals surface area contributed by atoms with E-state index in [0.29, 0.717) is 19.4 Å². The summed E-state index contributed by atoms with van der Waals surface area (Å²) in [5.41, 5.74) is 2.36. The molecule has 256 valence electrons. The fourth-order valence-corrected chi connectivity index (χ4v) is 5.80. The zero-order valence-corrected chi connectivity index (χ0v) is 27.3. The summed E-state index contributed by atoms with van der Waals surface area (Å²) in [5, 5.41) is 2.79. The van der Waals surface area contributed by atoms with Gasteiger partial charge in [0.25, 0.3) is 0 Å². The van der Waals surface area contributed by atoms with Crippen molar-refractivity contribution in [3.8, 4) is 0 Å². The smallest absolute Gasteiger partial charge is 0.410 e. The van der Waals surface area contributed by atoms with Crippen LogP contribution in [0.5, 0.6) is 0 Å². The number of hydrogen-bond acceptors (Lipinski definition) is 8. The van der Waals surface area contributed by atoms with Crippen molar-refractivity contribution < 1.29 is 38.2 Å². The second kappa shape index (κ2) is 17.6. The van der Waals surface area contributed by atoms with Gasteiger partial charge in [-0.25, -0.2) is 9.59 Å². The van der Waals surface area contributed by atoms with Gasteiger partial charge >= 0.3 is 18.0 Å². The normalized spacial score (nSPS) is 20.7. The molecule has 0 radical (unpaired) electrons. The highest BCUT2D eigenvalue weighted by atomic mass is 16.6. The summed E-state index contributed by atoms with van der Waals surface area (Å²) >= 11 is 0. The van der Waals surface area contributed by atoms with Gasteiger partial charge in [0.15, 0.2) is 0 Å². The molecule has 2 heterocycles. The summed E-state index contributed by atoms with van der Waals surface area (Å²) in [4.78, 5) is 70.1. The lowest BCUT2D eigenvalue weighted by Crippen LogP contribution is -2.53. The van der Waals surface area contributed by atoms with Crippen LogP contribution in [-0.2, 0) is 53.2 Å². The highest BCUT2D eigenvalue weighted by Gasteiger charge is 2.38. The molecule has 1 N–H and O–H groups in total. The lowest BCUT2D eigenvalue weighted by atomic mass is 9.95. The molecule has 3 aromatic rings. The maximum absolute atomic E-state index is 13.7. The number of benzene rings is 3. The fraction of sp³-hybridized carbons (Fsp3) is 0.342. The summed E-state index contributed by atoms with van der Waals surface area (Å²) in [6.07, 6.45) is 3.69. The highest BCUT2D eigenvalue weighted by molar-refractivity contribution is 5.92. The van der Waals surface area contributed by atoms with E-state index in [4.69, 9.17) is 14.2 Å². The number of carbonyl (C=O) groups excluding carboxylic acids is 5. The van der Waals surface area contributed by atoms with Gasteiger partial charge in [-0.05, 0) is 42.4 Å². The molecule has 5 rings (SSSR count). The largest absolute Gasteiger partial charge is 0.461 e. The molecule has 0 saturated carbocycles. The molecule has 0 bridgehead atoms. The Labute approximate surface area is 285 Å². The standard InChI is InChI=1S/C38H41N3O8/c42-34-24-40(38(46)49-27-30-17-8-3-9-18-30)21-11-10-19-31(36(44)47-25-28-13-4-1-5-14-28)23-32(39-35(43)33-20-12-22-41(33)34)37(45)48-26-29-15-6-2-7-16-29/h1-11,13-18,31-33H,12,19-27H2,(H,39,43)/b11-10+/t31-,32-,33-/m0/s1. The highest BCUT2D eigenvalue weighted by Crippen LogP contribution is 2.22. The van der Waals surface area contributed by atoms with Gasteiger partial charge in [-0.2, -0.15) is 0 Å². The summed E-state index contributed by atoms with van der Waals surface area (Å²) in [6.45, 7) is 0.0806. The molecule has 0 unspecified atom stereocenters. The van der Waals surface area contributed by atoms with Gasteiger partial charge in [-0.3, -0.25) is 19.3 Å². The molecule has 3 atom stereocenters. The lowest BCUT2D eigenvalue weighted by molar-refractivity contribution is -0.154. The second-order valence-corrected chi connectivity index (χ2v) is 12.1. The Morgan fingerprint density at radius 1 is 0.714 bits per heavy atom. The lowest BCUT2D eigenvalue weighted by Gasteiger charge is -2.29. The molecule has 49 heavy (non-hydrogen) atoms. The van der Waals surface area contributed by atoms with Crippen molar-refractivity contribution in [3.05, 3.63) is 120 Å². The number of hydrogen-bond donors (Lipinski definition) is 1. The van der Waals surface area contributed by atoms with Crippen molar-refractivity contribution in [2.75, 3.05) is 19.6 Å². The average molecular weight is 668 g/mol. The van der Waals surface area contributed by atoms with Gasteiger partial charge in [-0.15, -0.1) is 0 Å². The third-order valence-electron chi connectivity index (χ3n) is 8.48. The van der Waals surface area contributed by atoms with Gasteiger partial charge < -0.3 is 24.4 Å². The van der Waals surface area contributed by atoms with E-state index >= 15 is 0 Å².